The van der Waals surface area contributed by atoms with Crippen molar-refractivity contribution in [2.75, 3.05) is 13.6 Å². The molecular weight excluding hydrogens is 469 g/mol. The lowest BCUT2D eigenvalue weighted by atomic mass is 9.91. The Morgan fingerprint density at radius 3 is 2.52 bits per heavy atom. The van der Waals surface area contributed by atoms with E-state index in [4.69, 9.17) is 0 Å². The summed E-state index contributed by atoms with van der Waals surface area (Å²) in [5.41, 5.74) is 2.32. The quantitative estimate of drug-likeness (QED) is 0.306. The average molecular weight is 495 g/mol. The highest BCUT2D eigenvalue weighted by Crippen LogP contribution is 2.26. The predicted octanol–water partition coefficient (Wildman–Crippen LogP) is 4.19. The number of nitrogens with zero attached hydrogens (tertiary/aromatic N) is 3. The van der Waals surface area contributed by atoms with Gasteiger partial charge in [-0.15, -0.1) is 35.3 Å². The van der Waals surface area contributed by atoms with E-state index in [0.29, 0.717) is 0 Å². The average Bonchev–Trinajstić information content (AvgIpc) is 3.36. The summed E-state index contributed by atoms with van der Waals surface area (Å²) in [6, 6.07) is 14.5. The van der Waals surface area contributed by atoms with E-state index < -0.39 is 0 Å². The van der Waals surface area contributed by atoms with Gasteiger partial charge in [-0.25, -0.2) is 4.68 Å². The maximum Gasteiger partial charge on any atom is 0.191 e. The Morgan fingerprint density at radius 1 is 1.15 bits per heavy atom. The molecule has 0 saturated heterocycles. The number of aromatic nitrogens is 2. The lowest BCUT2D eigenvalue weighted by Crippen LogP contribution is -2.42. The molecule has 0 saturated carbocycles. The first kappa shape index (κ1) is 21.4. The lowest BCUT2D eigenvalue weighted by Gasteiger charge is -2.25. The molecule has 2 heterocycles. The monoisotopic (exact) mass is 495 g/mol. The fourth-order valence-electron chi connectivity index (χ4n) is 2.65. The number of nitrogens with one attached hydrogen (secondary N) is 2. The van der Waals surface area contributed by atoms with E-state index in [-0.39, 0.29) is 29.4 Å². The second-order valence-electron chi connectivity index (χ2n) is 6.76. The molecule has 3 rings (SSSR count). The first-order chi connectivity index (χ1) is 12.6. The minimum atomic E-state index is 0. The molecule has 0 aliphatic rings. The molecule has 7 heteroatoms. The number of aliphatic imine (C=N–C) groups is 1. The first-order valence-electron chi connectivity index (χ1n) is 8.66. The van der Waals surface area contributed by atoms with E-state index in [2.05, 4.69) is 76.4 Å². The number of guanidine groups is 1. The largest absolute Gasteiger partial charge is 0.356 e. The number of thiophene rings is 1. The van der Waals surface area contributed by atoms with Gasteiger partial charge in [0.2, 0.25) is 0 Å². The molecule has 0 aliphatic heterocycles. The Morgan fingerprint density at radius 2 is 1.93 bits per heavy atom. The fourth-order valence-corrected chi connectivity index (χ4v) is 3.50. The number of benzene rings is 1. The molecule has 144 valence electrons. The standard InChI is InChI=1S/C20H25N5S.HI/c1-20(2,18-6-4-13-26-18)15-23-19(21-3)22-14-16-7-9-17(10-8-16)25-12-5-11-24-25;/h4-13H,14-15H2,1-3H3,(H2,21,22,23);1H. The highest BCUT2D eigenvalue weighted by atomic mass is 127. The van der Waals surface area contributed by atoms with E-state index in [9.17, 15) is 0 Å². The van der Waals surface area contributed by atoms with E-state index in [1.54, 1.807) is 24.6 Å². The Labute approximate surface area is 181 Å². The van der Waals surface area contributed by atoms with Gasteiger partial charge < -0.3 is 10.6 Å². The SMILES string of the molecule is CN=C(NCc1ccc(-n2cccn2)cc1)NCC(C)(C)c1cccs1.I. The van der Waals surface area contributed by atoms with Crippen LogP contribution in [0.2, 0.25) is 0 Å². The van der Waals surface area contributed by atoms with Crippen LogP contribution in [0.5, 0.6) is 0 Å². The molecule has 3 aromatic rings. The highest BCUT2D eigenvalue weighted by Gasteiger charge is 2.21. The van der Waals surface area contributed by atoms with E-state index >= 15 is 0 Å². The summed E-state index contributed by atoms with van der Waals surface area (Å²) < 4.78 is 1.85. The Hall–Kier alpha value is -1.87. The Bertz CT molecular complexity index is 824. The lowest BCUT2D eigenvalue weighted by molar-refractivity contribution is 0.518. The van der Waals surface area contributed by atoms with Crippen LogP contribution < -0.4 is 10.6 Å². The molecule has 0 spiro atoms. The molecule has 0 fully saturated rings. The minimum absolute atomic E-state index is 0. The normalized spacial score (nSPS) is 11.7. The number of hydrogen-bond donors (Lipinski definition) is 2. The molecule has 0 amide bonds. The van der Waals surface area contributed by atoms with Gasteiger partial charge in [-0.2, -0.15) is 5.10 Å². The van der Waals surface area contributed by atoms with Crippen molar-refractivity contribution in [3.63, 3.8) is 0 Å². The van der Waals surface area contributed by atoms with Gasteiger partial charge in [0.1, 0.15) is 0 Å². The summed E-state index contributed by atoms with van der Waals surface area (Å²) in [6.45, 7) is 6.03. The smallest absolute Gasteiger partial charge is 0.191 e. The van der Waals surface area contributed by atoms with E-state index in [1.807, 2.05) is 16.9 Å². The number of hydrogen-bond acceptors (Lipinski definition) is 3. The van der Waals surface area contributed by atoms with Crippen molar-refractivity contribution in [3.8, 4) is 5.69 Å². The van der Waals surface area contributed by atoms with Crippen molar-refractivity contribution in [3.05, 3.63) is 70.7 Å². The van der Waals surface area contributed by atoms with Gasteiger partial charge in [0.05, 0.1) is 5.69 Å². The van der Waals surface area contributed by atoms with Crippen LogP contribution in [-0.2, 0) is 12.0 Å². The Kier molecular flexibility index (Phi) is 7.85. The zero-order chi connectivity index (χ0) is 18.4. The molecule has 0 unspecified atom stereocenters. The zero-order valence-electron chi connectivity index (χ0n) is 15.8. The first-order valence-corrected chi connectivity index (χ1v) is 9.54. The molecule has 2 N–H and O–H groups in total. The molecule has 5 nitrogen and oxygen atoms in total. The maximum absolute atomic E-state index is 4.33. The summed E-state index contributed by atoms with van der Waals surface area (Å²) in [7, 11) is 1.80. The summed E-state index contributed by atoms with van der Waals surface area (Å²) in [5.74, 6) is 0.811. The molecule has 0 bridgehead atoms. The summed E-state index contributed by atoms with van der Waals surface area (Å²) in [5, 5.41) is 13.2. The van der Waals surface area contributed by atoms with Gasteiger partial charge in [-0.1, -0.05) is 32.0 Å². The van der Waals surface area contributed by atoms with Gasteiger partial charge in [0, 0.05) is 42.8 Å². The van der Waals surface area contributed by atoms with Crippen LogP contribution in [0.25, 0.3) is 5.69 Å². The van der Waals surface area contributed by atoms with Crippen LogP contribution >= 0.6 is 35.3 Å². The molecule has 0 aliphatic carbocycles. The number of rotatable bonds is 6. The van der Waals surface area contributed by atoms with Crippen molar-refractivity contribution < 1.29 is 0 Å². The molecule has 0 radical (unpaired) electrons. The van der Waals surface area contributed by atoms with Crippen LogP contribution in [0, 0.1) is 0 Å². The third-order valence-electron chi connectivity index (χ3n) is 4.27. The number of halogens is 1. The summed E-state index contributed by atoms with van der Waals surface area (Å²) in [6.07, 6.45) is 3.72. The fraction of sp³-hybridized carbons (Fsp3) is 0.300. The van der Waals surface area contributed by atoms with Crippen molar-refractivity contribution in [1.29, 1.82) is 0 Å². The highest BCUT2D eigenvalue weighted by molar-refractivity contribution is 14.0. The molecule has 0 atom stereocenters. The van der Waals surface area contributed by atoms with E-state index in [0.717, 1.165) is 24.7 Å². The minimum Gasteiger partial charge on any atom is -0.356 e. The van der Waals surface area contributed by atoms with Gasteiger partial charge in [0.15, 0.2) is 5.96 Å². The molecule has 27 heavy (non-hydrogen) atoms. The second kappa shape index (κ2) is 9.89. The van der Waals surface area contributed by atoms with Crippen LogP contribution in [0.4, 0.5) is 0 Å². The van der Waals surface area contributed by atoms with Gasteiger partial charge in [-0.3, -0.25) is 4.99 Å². The second-order valence-corrected chi connectivity index (χ2v) is 7.71. The van der Waals surface area contributed by atoms with Crippen molar-refractivity contribution >= 4 is 41.3 Å². The molecule has 2 aromatic heterocycles. The van der Waals surface area contributed by atoms with Gasteiger partial charge in [-0.05, 0) is 35.2 Å². The summed E-state index contributed by atoms with van der Waals surface area (Å²) >= 11 is 1.79. The third kappa shape index (κ3) is 5.80. The molecule has 1 aromatic carbocycles. The van der Waals surface area contributed by atoms with E-state index in [1.165, 1.54) is 10.4 Å². The van der Waals surface area contributed by atoms with Gasteiger partial charge >= 0.3 is 0 Å². The van der Waals surface area contributed by atoms with Crippen LogP contribution in [-0.4, -0.2) is 29.3 Å². The topological polar surface area (TPSA) is 54.2 Å². The summed E-state index contributed by atoms with van der Waals surface area (Å²) in [4.78, 5) is 5.70. The maximum atomic E-state index is 4.33. The van der Waals surface area contributed by atoms with Crippen molar-refractivity contribution in [2.24, 2.45) is 4.99 Å². The van der Waals surface area contributed by atoms with Crippen molar-refractivity contribution in [1.82, 2.24) is 20.4 Å². The third-order valence-corrected chi connectivity index (χ3v) is 5.51. The van der Waals surface area contributed by atoms with Gasteiger partial charge in [0.25, 0.3) is 0 Å². The van der Waals surface area contributed by atoms with Crippen molar-refractivity contribution in [2.45, 2.75) is 25.8 Å². The Balaban J connectivity index is 0.00000261. The van der Waals surface area contributed by atoms with Crippen LogP contribution in [0.15, 0.2) is 65.2 Å². The van der Waals surface area contributed by atoms with Crippen LogP contribution in [0.3, 0.4) is 0 Å². The van der Waals surface area contributed by atoms with Crippen LogP contribution in [0.1, 0.15) is 24.3 Å². The predicted molar refractivity (Wildman–Crippen MR) is 125 cm³/mol. The zero-order valence-corrected chi connectivity index (χ0v) is 19.0. The molecular formula is C20H26IN5S.